The average molecular weight is 209 g/mol. The maximum atomic E-state index is 8.62. The Morgan fingerprint density at radius 3 is 2.93 bits per heavy atom. The summed E-state index contributed by atoms with van der Waals surface area (Å²) in [6.45, 7) is 1.97. The lowest BCUT2D eigenvalue weighted by atomic mass is 10.2. The number of fused-ring (bicyclic) bond motifs is 1. The van der Waals surface area contributed by atoms with Gasteiger partial charge in [0.2, 0.25) is 0 Å². The molecule has 1 aliphatic heterocycles. The van der Waals surface area contributed by atoms with E-state index in [2.05, 4.69) is 5.32 Å². The molecule has 0 bridgehead atoms. The number of aliphatic hydroxyl groups excluding tert-OH is 1. The molecule has 1 heterocycles. The van der Waals surface area contributed by atoms with Crippen LogP contribution in [0, 0.1) is 0 Å². The molecule has 82 valence electrons. The number of benzene rings is 1. The molecule has 2 N–H and O–H groups in total. The molecule has 4 nitrogen and oxygen atoms in total. The molecule has 0 amide bonds. The van der Waals surface area contributed by atoms with Crippen LogP contribution in [0.2, 0.25) is 0 Å². The van der Waals surface area contributed by atoms with Gasteiger partial charge < -0.3 is 19.9 Å². The van der Waals surface area contributed by atoms with Crippen LogP contribution in [0.4, 0.5) is 0 Å². The molecular formula is C11H15NO3. The topological polar surface area (TPSA) is 50.7 Å². The van der Waals surface area contributed by atoms with Crippen molar-refractivity contribution in [2.24, 2.45) is 0 Å². The van der Waals surface area contributed by atoms with Crippen molar-refractivity contribution in [1.82, 2.24) is 5.32 Å². The van der Waals surface area contributed by atoms with Crippen molar-refractivity contribution in [3.8, 4) is 11.5 Å². The van der Waals surface area contributed by atoms with Crippen molar-refractivity contribution in [2.75, 3.05) is 26.3 Å². The van der Waals surface area contributed by atoms with Crippen molar-refractivity contribution in [3.63, 3.8) is 0 Å². The molecule has 4 heteroatoms. The molecule has 1 atom stereocenters. The first kappa shape index (κ1) is 10.3. The van der Waals surface area contributed by atoms with Crippen LogP contribution < -0.4 is 14.8 Å². The minimum atomic E-state index is 0.0199. The standard InChI is InChI=1S/C11H15NO3/c13-6-5-12-7-9-8-14-10-3-1-2-4-11(10)15-9/h1-4,9,12-13H,5-8H2. The number of aliphatic hydroxyl groups is 1. The van der Waals surface area contributed by atoms with Crippen molar-refractivity contribution in [2.45, 2.75) is 6.10 Å². The fourth-order valence-electron chi connectivity index (χ4n) is 1.51. The molecule has 0 aromatic heterocycles. The van der Waals surface area contributed by atoms with E-state index in [-0.39, 0.29) is 12.7 Å². The van der Waals surface area contributed by atoms with Gasteiger partial charge in [0.15, 0.2) is 11.5 Å². The van der Waals surface area contributed by atoms with Crippen LogP contribution in [0.15, 0.2) is 24.3 Å². The molecule has 2 rings (SSSR count). The Morgan fingerprint density at radius 2 is 2.13 bits per heavy atom. The molecule has 1 aliphatic rings. The molecule has 0 saturated heterocycles. The highest BCUT2D eigenvalue weighted by atomic mass is 16.6. The highest BCUT2D eigenvalue weighted by Gasteiger charge is 2.19. The highest BCUT2D eigenvalue weighted by Crippen LogP contribution is 2.30. The first-order valence-electron chi connectivity index (χ1n) is 5.10. The summed E-state index contributed by atoms with van der Waals surface area (Å²) < 4.78 is 11.2. The third-order valence-electron chi connectivity index (χ3n) is 2.23. The third kappa shape index (κ3) is 2.61. The van der Waals surface area contributed by atoms with E-state index < -0.39 is 0 Å². The molecule has 0 saturated carbocycles. The molecule has 1 aromatic carbocycles. The van der Waals surface area contributed by atoms with Crippen LogP contribution in [0.1, 0.15) is 0 Å². The summed E-state index contributed by atoms with van der Waals surface area (Å²) in [6.07, 6.45) is 0.0199. The van der Waals surface area contributed by atoms with Gasteiger partial charge in [0.1, 0.15) is 12.7 Å². The minimum absolute atomic E-state index is 0.0199. The molecule has 1 aromatic rings. The predicted octanol–water partition coefficient (Wildman–Crippen LogP) is 0.408. The van der Waals surface area contributed by atoms with Gasteiger partial charge in [-0.3, -0.25) is 0 Å². The predicted molar refractivity (Wildman–Crippen MR) is 56.3 cm³/mol. The normalized spacial score (nSPS) is 18.9. The van der Waals surface area contributed by atoms with E-state index in [4.69, 9.17) is 14.6 Å². The van der Waals surface area contributed by atoms with Gasteiger partial charge in [-0.15, -0.1) is 0 Å². The molecule has 0 fully saturated rings. The van der Waals surface area contributed by atoms with E-state index in [1.807, 2.05) is 24.3 Å². The van der Waals surface area contributed by atoms with Gasteiger partial charge in [-0.05, 0) is 12.1 Å². The number of hydrogen-bond acceptors (Lipinski definition) is 4. The largest absolute Gasteiger partial charge is 0.486 e. The summed E-state index contributed by atoms with van der Waals surface area (Å²) in [5.41, 5.74) is 0. The number of para-hydroxylation sites is 2. The van der Waals surface area contributed by atoms with E-state index in [9.17, 15) is 0 Å². The molecule has 0 radical (unpaired) electrons. The lowest BCUT2D eigenvalue weighted by Gasteiger charge is -2.26. The van der Waals surface area contributed by atoms with Crippen LogP contribution in [-0.2, 0) is 0 Å². The zero-order chi connectivity index (χ0) is 10.5. The Morgan fingerprint density at radius 1 is 1.33 bits per heavy atom. The van der Waals surface area contributed by atoms with E-state index in [1.165, 1.54) is 0 Å². The molecular weight excluding hydrogens is 194 g/mol. The van der Waals surface area contributed by atoms with Gasteiger partial charge in [0.25, 0.3) is 0 Å². The lowest BCUT2D eigenvalue weighted by Crippen LogP contribution is -2.39. The Kier molecular flexibility index (Phi) is 3.42. The van der Waals surface area contributed by atoms with Crippen LogP contribution in [0.5, 0.6) is 11.5 Å². The van der Waals surface area contributed by atoms with Gasteiger partial charge in [-0.2, -0.15) is 0 Å². The minimum Gasteiger partial charge on any atom is -0.486 e. The van der Waals surface area contributed by atoms with Crippen LogP contribution in [0.25, 0.3) is 0 Å². The maximum absolute atomic E-state index is 8.62. The number of rotatable bonds is 4. The zero-order valence-electron chi connectivity index (χ0n) is 8.48. The summed E-state index contributed by atoms with van der Waals surface area (Å²) >= 11 is 0. The van der Waals surface area contributed by atoms with Gasteiger partial charge in [-0.25, -0.2) is 0 Å². The van der Waals surface area contributed by atoms with Crippen molar-refractivity contribution >= 4 is 0 Å². The monoisotopic (exact) mass is 209 g/mol. The number of nitrogens with one attached hydrogen (secondary N) is 1. The Hall–Kier alpha value is -1.26. The van der Waals surface area contributed by atoms with Gasteiger partial charge in [0.05, 0.1) is 6.61 Å². The van der Waals surface area contributed by atoms with E-state index in [0.717, 1.165) is 11.5 Å². The Balaban J connectivity index is 1.88. The van der Waals surface area contributed by atoms with E-state index in [1.54, 1.807) is 0 Å². The molecule has 1 unspecified atom stereocenters. The fourth-order valence-corrected chi connectivity index (χ4v) is 1.51. The third-order valence-corrected chi connectivity index (χ3v) is 2.23. The highest BCUT2D eigenvalue weighted by molar-refractivity contribution is 5.40. The summed E-state index contributed by atoms with van der Waals surface area (Å²) in [6, 6.07) is 7.64. The summed E-state index contributed by atoms with van der Waals surface area (Å²) in [5, 5.41) is 11.7. The number of hydrogen-bond donors (Lipinski definition) is 2. The van der Waals surface area contributed by atoms with Gasteiger partial charge in [-0.1, -0.05) is 12.1 Å². The Bertz CT molecular complexity index is 316. The first-order valence-corrected chi connectivity index (χ1v) is 5.10. The number of ether oxygens (including phenoxy) is 2. The maximum Gasteiger partial charge on any atom is 0.161 e. The molecule has 0 aliphatic carbocycles. The van der Waals surface area contributed by atoms with Gasteiger partial charge >= 0.3 is 0 Å². The average Bonchev–Trinajstić information content (AvgIpc) is 2.29. The fraction of sp³-hybridized carbons (Fsp3) is 0.455. The van der Waals surface area contributed by atoms with E-state index in [0.29, 0.717) is 19.7 Å². The second-order valence-corrected chi connectivity index (χ2v) is 3.43. The van der Waals surface area contributed by atoms with Crippen molar-refractivity contribution in [3.05, 3.63) is 24.3 Å². The van der Waals surface area contributed by atoms with Crippen molar-refractivity contribution in [1.29, 1.82) is 0 Å². The van der Waals surface area contributed by atoms with Crippen LogP contribution in [0.3, 0.4) is 0 Å². The SMILES string of the molecule is OCCNCC1COc2ccccc2O1. The second kappa shape index (κ2) is 5.00. The van der Waals surface area contributed by atoms with Crippen LogP contribution in [-0.4, -0.2) is 37.5 Å². The zero-order valence-corrected chi connectivity index (χ0v) is 8.48. The van der Waals surface area contributed by atoms with E-state index >= 15 is 0 Å². The second-order valence-electron chi connectivity index (χ2n) is 3.43. The summed E-state index contributed by atoms with van der Waals surface area (Å²) in [7, 11) is 0. The van der Waals surface area contributed by atoms with Crippen LogP contribution >= 0.6 is 0 Å². The smallest absolute Gasteiger partial charge is 0.161 e. The molecule has 15 heavy (non-hydrogen) atoms. The Labute approximate surface area is 88.8 Å². The van der Waals surface area contributed by atoms with Gasteiger partial charge in [0, 0.05) is 13.1 Å². The first-order chi connectivity index (χ1) is 7.40. The summed E-state index contributed by atoms with van der Waals surface area (Å²) in [4.78, 5) is 0. The summed E-state index contributed by atoms with van der Waals surface area (Å²) in [5.74, 6) is 1.59. The quantitative estimate of drug-likeness (QED) is 0.705. The van der Waals surface area contributed by atoms with Crippen molar-refractivity contribution < 1.29 is 14.6 Å². The molecule has 0 spiro atoms. The lowest BCUT2D eigenvalue weighted by molar-refractivity contribution is 0.0895.